The fourth-order valence-electron chi connectivity index (χ4n) is 2.94. The van der Waals surface area contributed by atoms with Crippen molar-refractivity contribution >= 4 is 34.6 Å². The lowest BCUT2D eigenvalue weighted by Gasteiger charge is -2.05. The van der Waals surface area contributed by atoms with Crippen molar-refractivity contribution in [1.29, 1.82) is 0 Å². The van der Waals surface area contributed by atoms with Crippen LogP contribution in [0.3, 0.4) is 0 Å². The van der Waals surface area contributed by atoms with E-state index < -0.39 is 11.6 Å². The van der Waals surface area contributed by atoms with E-state index in [0.717, 1.165) is 50.8 Å². The summed E-state index contributed by atoms with van der Waals surface area (Å²) in [4.78, 5) is 13.5. The molecule has 29 heavy (non-hydrogen) atoms. The minimum absolute atomic E-state index is 0.469. The van der Waals surface area contributed by atoms with Gasteiger partial charge in [0.15, 0.2) is 5.16 Å². The number of nitrogens with zero attached hydrogens (tertiary/aromatic N) is 2. The zero-order valence-electron chi connectivity index (χ0n) is 15.6. The molecule has 0 radical (unpaired) electrons. The maximum atomic E-state index is 13.7. The van der Waals surface area contributed by atoms with Crippen molar-refractivity contribution in [3.05, 3.63) is 83.7 Å². The highest BCUT2D eigenvalue weighted by Crippen LogP contribution is 2.25. The highest BCUT2D eigenvalue weighted by atomic mass is 32.2. The molecule has 0 aliphatic carbocycles. The van der Waals surface area contributed by atoms with Gasteiger partial charge in [0.2, 0.25) is 0 Å². The topological polar surface area (TPSA) is 41.6 Å². The smallest absolute Gasteiger partial charge is 0.166 e. The summed E-state index contributed by atoms with van der Waals surface area (Å²) in [6.07, 6.45) is 3.23. The van der Waals surface area contributed by atoms with E-state index in [-0.39, 0.29) is 0 Å². The Labute approximate surface area is 176 Å². The average molecular weight is 428 g/mol. The summed E-state index contributed by atoms with van der Waals surface area (Å²) >= 11 is 3.34. The van der Waals surface area contributed by atoms with Gasteiger partial charge in [-0.05, 0) is 54.5 Å². The first-order chi connectivity index (χ1) is 14.2. The zero-order chi connectivity index (χ0) is 20.1. The maximum Gasteiger partial charge on any atom is 0.166 e. The maximum absolute atomic E-state index is 13.7. The van der Waals surface area contributed by atoms with Crippen LogP contribution in [0.5, 0.6) is 0 Å². The molecule has 0 saturated heterocycles. The normalized spacial score (nSPS) is 11.2. The first-order valence-electron chi connectivity index (χ1n) is 9.26. The number of para-hydroxylation sites is 2. The summed E-state index contributed by atoms with van der Waals surface area (Å²) in [6, 6.07) is 15.8. The van der Waals surface area contributed by atoms with Crippen LogP contribution in [0.25, 0.3) is 11.0 Å². The van der Waals surface area contributed by atoms with Crippen LogP contribution in [0, 0.1) is 11.6 Å². The number of hydrogen-bond acceptors (Lipinski definition) is 4. The van der Waals surface area contributed by atoms with E-state index in [1.807, 2.05) is 36.5 Å². The summed E-state index contributed by atoms with van der Waals surface area (Å²) in [5, 5.41) is 0.882. The van der Waals surface area contributed by atoms with Crippen LogP contribution in [-0.2, 0) is 12.2 Å². The van der Waals surface area contributed by atoms with E-state index in [0.29, 0.717) is 12.0 Å². The van der Waals surface area contributed by atoms with Crippen LogP contribution >= 0.6 is 23.5 Å². The van der Waals surface area contributed by atoms with Crippen LogP contribution < -0.4 is 0 Å². The number of aromatic amines is 1. The van der Waals surface area contributed by atoms with Crippen molar-refractivity contribution < 1.29 is 8.78 Å². The predicted molar refractivity (Wildman–Crippen MR) is 115 cm³/mol. The second-order valence-corrected chi connectivity index (χ2v) is 8.65. The number of nitrogens with one attached hydrogen (secondary N) is 1. The van der Waals surface area contributed by atoms with Crippen molar-refractivity contribution in [2.45, 2.75) is 28.6 Å². The molecule has 0 atom stereocenters. The number of benzene rings is 2. The number of H-pyrrole nitrogens is 1. The van der Waals surface area contributed by atoms with Gasteiger partial charge in [-0.1, -0.05) is 30.0 Å². The molecule has 0 spiro atoms. The number of thioether (sulfide) groups is 2. The average Bonchev–Trinajstić information content (AvgIpc) is 3.14. The number of rotatable bonds is 8. The molecule has 0 saturated carbocycles. The van der Waals surface area contributed by atoms with Crippen LogP contribution in [0.2, 0.25) is 0 Å². The molecule has 0 unspecified atom stereocenters. The summed E-state index contributed by atoms with van der Waals surface area (Å²) in [6.45, 7) is 0. The fourth-order valence-corrected chi connectivity index (χ4v) is 4.63. The minimum atomic E-state index is -0.537. The molecule has 0 bridgehead atoms. The molecule has 2 aromatic carbocycles. The highest BCUT2D eigenvalue weighted by molar-refractivity contribution is 7.99. The zero-order valence-corrected chi connectivity index (χ0v) is 17.2. The Morgan fingerprint density at radius 1 is 0.966 bits per heavy atom. The molecule has 7 heteroatoms. The number of hydrogen-bond donors (Lipinski definition) is 1. The Morgan fingerprint density at radius 2 is 1.86 bits per heavy atom. The van der Waals surface area contributed by atoms with E-state index in [9.17, 15) is 8.78 Å². The summed E-state index contributed by atoms with van der Waals surface area (Å²) < 4.78 is 26.6. The molecule has 0 amide bonds. The summed E-state index contributed by atoms with van der Waals surface area (Å²) in [7, 11) is 0. The van der Waals surface area contributed by atoms with E-state index in [1.165, 1.54) is 12.1 Å². The third kappa shape index (κ3) is 5.36. The number of imidazole rings is 1. The van der Waals surface area contributed by atoms with Crippen molar-refractivity contribution in [3.63, 3.8) is 0 Å². The molecule has 4 aromatic rings. The van der Waals surface area contributed by atoms with Gasteiger partial charge in [-0.3, -0.25) is 4.98 Å². The van der Waals surface area contributed by atoms with Crippen molar-refractivity contribution in [2.24, 2.45) is 0 Å². The van der Waals surface area contributed by atoms with Crippen molar-refractivity contribution in [3.8, 4) is 0 Å². The van der Waals surface area contributed by atoms with Gasteiger partial charge in [-0.25, -0.2) is 13.8 Å². The van der Waals surface area contributed by atoms with Gasteiger partial charge in [0.05, 0.1) is 16.7 Å². The Kier molecular flexibility index (Phi) is 6.46. The lowest BCUT2D eigenvalue weighted by Crippen LogP contribution is -1.94. The number of aromatic nitrogens is 3. The molecule has 0 aliphatic rings. The van der Waals surface area contributed by atoms with Gasteiger partial charge in [-0.2, -0.15) is 0 Å². The molecule has 2 heterocycles. The SMILES string of the molecule is Fc1ccc(CCCSc2ccnc(CSc3nc4ccccc4[nH]3)c2)c(F)c1. The van der Waals surface area contributed by atoms with Gasteiger partial charge in [0, 0.05) is 22.9 Å². The van der Waals surface area contributed by atoms with Crippen molar-refractivity contribution in [1.82, 2.24) is 15.0 Å². The quantitative estimate of drug-likeness (QED) is 0.266. The largest absolute Gasteiger partial charge is 0.333 e. The third-order valence-electron chi connectivity index (χ3n) is 4.39. The van der Waals surface area contributed by atoms with Gasteiger partial charge in [0.25, 0.3) is 0 Å². The Balaban J connectivity index is 1.28. The first kappa shape index (κ1) is 19.9. The highest BCUT2D eigenvalue weighted by Gasteiger charge is 2.06. The fraction of sp³-hybridized carbons (Fsp3) is 0.182. The number of pyridine rings is 1. The standard InChI is InChI=1S/C22H19F2N3S2/c23-16-8-7-15(19(24)12-16)4-3-11-28-18-9-10-25-17(13-18)14-29-22-26-20-5-1-2-6-21(20)27-22/h1-2,5-10,12-13H,3-4,11,14H2,(H,26,27). The lowest BCUT2D eigenvalue weighted by atomic mass is 10.1. The Hall–Kier alpha value is -2.38. The molecule has 148 valence electrons. The molecule has 0 fully saturated rings. The second-order valence-electron chi connectivity index (χ2n) is 6.52. The van der Waals surface area contributed by atoms with Crippen LogP contribution in [-0.4, -0.2) is 20.7 Å². The molecule has 4 rings (SSSR count). The van der Waals surface area contributed by atoms with Gasteiger partial charge < -0.3 is 4.98 Å². The monoisotopic (exact) mass is 427 g/mol. The van der Waals surface area contributed by atoms with E-state index in [4.69, 9.17) is 0 Å². The second kappa shape index (κ2) is 9.41. The van der Waals surface area contributed by atoms with Gasteiger partial charge in [-0.15, -0.1) is 11.8 Å². The molecule has 0 aliphatic heterocycles. The minimum Gasteiger partial charge on any atom is -0.333 e. The van der Waals surface area contributed by atoms with Crippen LogP contribution in [0.1, 0.15) is 17.7 Å². The molecular formula is C22H19F2N3S2. The number of aryl methyl sites for hydroxylation is 1. The van der Waals surface area contributed by atoms with Crippen molar-refractivity contribution in [2.75, 3.05) is 5.75 Å². The molecule has 3 nitrogen and oxygen atoms in total. The molecular weight excluding hydrogens is 408 g/mol. The summed E-state index contributed by atoms with van der Waals surface area (Å²) in [5.41, 5.74) is 3.55. The van der Waals surface area contributed by atoms with Crippen LogP contribution in [0.15, 0.2) is 70.8 Å². The van der Waals surface area contributed by atoms with E-state index in [1.54, 1.807) is 23.5 Å². The predicted octanol–water partition coefficient (Wildman–Crippen LogP) is 6.25. The van der Waals surface area contributed by atoms with Crippen LogP contribution in [0.4, 0.5) is 8.78 Å². The number of halogens is 2. The number of fused-ring (bicyclic) bond motifs is 1. The first-order valence-corrected chi connectivity index (χ1v) is 11.2. The Morgan fingerprint density at radius 3 is 2.72 bits per heavy atom. The van der Waals surface area contributed by atoms with E-state index in [2.05, 4.69) is 21.0 Å². The third-order valence-corrected chi connectivity index (χ3v) is 6.37. The lowest BCUT2D eigenvalue weighted by molar-refractivity contribution is 0.571. The van der Waals surface area contributed by atoms with Gasteiger partial charge in [0.1, 0.15) is 11.6 Å². The molecule has 2 aromatic heterocycles. The van der Waals surface area contributed by atoms with Gasteiger partial charge >= 0.3 is 0 Å². The van der Waals surface area contributed by atoms with E-state index >= 15 is 0 Å². The molecule has 1 N–H and O–H groups in total. The Bertz CT molecular complexity index is 1080. The summed E-state index contributed by atoms with van der Waals surface area (Å²) in [5.74, 6) is 0.584.